The van der Waals surface area contributed by atoms with Gasteiger partial charge in [-0.3, -0.25) is 9.20 Å². The van der Waals surface area contributed by atoms with Crippen molar-refractivity contribution in [2.45, 2.75) is 12.7 Å². The zero-order valence-electron chi connectivity index (χ0n) is 15.3. The number of hydrogen-bond acceptors (Lipinski definition) is 3. The van der Waals surface area contributed by atoms with E-state index in [4.69, 9.17) is 11.6 Å². The Morgan fingerprint density at radius 2 is 1.83 bits per heavy atom. The maximum absolute atomic E-state index is 13.0. The summed E-state index contributed by atoms with van der Waals surface area (Å²) in [6, 6.07) is 15.1. The third kappa shape index (κ3) is 4.13. The summed E-state index contributed by atoms with van der Waals surface area (Å²) >= 11 is 5.94. The molecule has 5 nitrogen and oxygen atoms in total. The highest BCUT2D eigenvalue weighted by molar-refractivity contribution is 6.30. The van der Waals surface area contributed by atoms with E-state index in [2.05, 4.69) is 15.5 Å². The molecule has 1 N–H and O–H groups in total. The number of amides is 1. The van der Waals surface area contributed by atoms with Crippen molar-refractivity contribution in [1.29, 1.82) is 0 Å². The first kappa shape index (κ1) is 19.9. The number of rotatable bonds is 4. The van der Waals surface area contributed by atoms with Crippen molar-refractivity contribution in [2.24, 2.45) is 0 Å². The number of fused-ring (bicyclic) bond motifs is 1. The van der Waals surface area contributed by atoms with E-state index in [9.17, 15) is 18.0 Å². The highest BCUT2D eigenvalue weighted by Crippen LogP contribution is 2.31. The van der Waals surface area contributed by atoms with Gasteiger partial charge in [0.1, 0.15) is 0 Å². The van der Waals surface area contributed by atoms with Crippen molar-refractivity contribution in [2.75, 3.05) is 0 Å². The number of carbonyl (C=O) groups excluding carboxylic acids is 1. The third-order valence-electron chi connectivity index (χ3n) is 4.45. The second kappa shape index (κ2) is 7.79. The van der Waals surface area contributed by atoms with Gasteiger partial charge < -0.3 is 5.32 Å². The predicted octanol–water partition coefficient (Wildman–Crippen LogP) is 5.00. The van der Waals surface area contributed by atoms with Gasteiger partial charge in [0.15, 0.2) is 11.5 Å². The first-order valence-electron chi connectivity index (χ1n) is 8.86. The Morgan fingerprint density at radius 3 is 2.60 bits per heavy atom. The smallest absolute Gasteiger partial charge is 0.348 e. The molecule has 0 aliphatic carbocycles. The minimum atomic E-state index is -4.47. The van der Waals surface area contributed by atoms with E-state index in [1.807, 2.05) is 6.07 Å². The van der Waals surface area contributed by atoms with Crippen molar-refractivity contribution >= 4 is 23.2 Å². The third-order valence-corrected chi connectivity index (χ3v) is 4.69. The van der Waals surface area contributed by atoms with E-state index < -0.39 is 11.7 Å². The first-order valence-corrected chi connectivity index (χ1v) is 9.24. The van der Waals surface area contributed by atoms with Crippen LogP contribution in [0.4, 0.5) is 13.2 Å². The fraction of sp³-hybridized carbons (Fsp3) is 0.0952. The molecule has 0 aliphatic heterocycles. The molecule has 2 aromatic carbocycles. The number of aromatic nitrogens is 3. The van der Waals surface area contributed by atoms with Crippen LogP contribution in [-0.2, 0) is 12.7 Å². The number of benzene rings is 2. The molecular formula is C21H14ClF3N4O. The van der Waals surface area contributed by atoms with Gasteiger partial charge in [0.05, 0.1) is 11.1 Å². The molecule has 4 rings (SSSR count). The number of pyridine rings is 1. The molecule has 0 bridgehead atoms. The topological polar surface area (TPSA) is 59.3 Å². The van der Waals surface area contributed by atoms with Crippen LogP contribution in [0.25, 0.3) is 17.0 Å². The summed E-state index contributed by atoms with van der Waals surface area (Å²) in [6.07, 6.45) is -2.97. The van der Waals surface area contributed by atoms with Crippen LogP contribution < -0.4 is 5.32 Å². The molecule has 0 radical (unpaired) electrons. The molecule has 30 heavy (non-hydrogen) atoms. The van der Waals surface area contributed by atoms with Gasteiger partial charge in [-0.1, -0.05) is 35.9 Å². The van der Waals surface area contributed by atoms with Crippen LogP contribution in [0.1, 0.15) is 21.5 Å². The number of nitrogens with one attached hydrogen (secondary N) is 1. The normalized spacial score (nSPS) is 11.6. The highest BCUT2D eigenvalue weighted by atomic mass is 35.5. The number of halogens is 4. The van der Waals surface area contributed by atoms with E-state index >= 15 is 0 Å². The summed E-state index contributed by atoms with van der Waals surface area (Å²) in [5.41, 5.74) is 1.03. The van der Waals surface area contributed by atoms with E-state index in [0.717, 1.165) is 17.7 Å². The van der Waals surface area contributed by atoms with Gasteiger partial charge in [0, 0.05) is 23.3 Å². The molecule has 2 heterocycles. The maximum atomic E-state index is 13.0. The van der Waals surface area contributed by atoms with Crippen LogP contribution >= 0.6 is 11.6 Å². The van der Waals surface area contributed by atoms with Crippen LogP contribution in [0.3, 0.4) is 0 Å². The van der Waals surface area contributed by atoms with E-state index in [1.165, 1.54) is 22.7 Å². The fourth-order valence-electron chi connectivity index (χ4n) is 2.99. The van der Waals surface area contributed by atoms with Gasteiger partial charge in [-0.05, 0) is 42.0 Å². The van der Waals surface area contributed by atoms with Gasteiger partial charge in [-0.25, -0.2) is 0 Å². The SMILES string of the molecule is O=C(NCc1cccc(Cl)c1)c1ccc2nnc(-c3cccc(C(F)(F)F)c3)n2c1. The fourth-order valence-corrected chi connectivity index (χ4v) is 3.20. The largest absolute Gasteiger partial charge is 0.416 e. The Labute approximate surface area is 174 Å². The van der Waals surface area contributed by atoms with Crippen molar-refractivity contribution in [1.82, 2.24) is 19.9 Å². The number of carbonyl (C=O) groups is 1. The Balaban J connectivity index is 1.62. The van der Waals surface area contributed by atoms with E-state index in [-0.39, 0.29) is 23.8 Å². The van der Waals surface area contributed by atoms with Crippen molar-refractivity contribution < 1.29 is 18.0 Å². The first-order chi connectivity index (χ1) is 14.3. The zero-order valence-corrected chi connectivity index (χ0v) is 16.1. The summed E-state index contributed by atoms with van der Waals surface area (Å²) in [4.78, 5) is 12.6. The Morgan fingerprint density at radius 1 is 1.03 bits per heavy atom. The van der Waals surface area contributed by atoms with Crippen LogP contribution in [0.5, 0.6) is 0 Å². The average molecular weight is 431 g/mol. The minimum Gasteiger partial charge on any atom is -0.348 e. The molecule has 0 fully saturated rings. The summed E-state index contributed by atoms with van der Waals surface area (Å²) in [5, 5.41) is 11.3. The minimum absolute atomic E-state index is 0.209. The summed E-state index contributed by atoms with van der Waals surface area (Å²) < 4.78 is 40.6. The molecule has 0 saturated carbocycles. The predicted molar refractivity (Wildman–Crippen MR) is 106 cm³/mol. The van der Waals surface area contributed by atoms with Crippen molar-refractivity contribution in [3.63, 3.8) is 0 Å². The highest BCUT2D eigenvalue weighted by Gasteiger charge is 2.30. The lowest BCUT2D eigenvalue weighted by Gasteiger charge is -2.09. The number of nitrogens with zero attached hydrogens (tertiary/aromatic N) is 3. The van der Waals surface area contributed by atoms with Gasteiger partial charge >= 0.3 is 6.18 Å². The second-order valence-corrected chi connectivity index (χ2v) is 7.00. The molecule has 0 atom stereocenters. The molecule has 2 aromatic heterocycles. The van der Waals surface area contributed by atoms with Crippen LogP contribution in [0, 0.1) is 0 Å². The van der Waals surface area contributed by atoms with Crippen LogP contribution in [0.2, 0.25) is 5.02 Å². The lowest BCUT2D eigenvalue weighted by atomic mass is 10.1. The van der Waals surface area contributed by atoms with Crippen LogP contribution in [0.15, 0.2) is 66.9 Å². The molecule has 0 saturated heterocycles. The molecule has 0 spiro atoms. The maximum Gasteiger partial charge on any atom is 0.416 e. The number of hydrogen-bond donors (Lipinski definition) is 1. The Kier molecular flexibility index (Phi) is 5.17. The molecule has 1 amide bonds. The lowest BCUT2D eigenvalue weighted by Crippen LogP contribution is -2.23. The van der Waals surface area contributed by atoms with Crippen molar-refractivity contribution in [3.8, 4) is 11.4 Å². The summed E-state index contributed by atoms with van der Waals surface area (Å²) in [7, 11) is 0. The van der Waals surface area contributed by atoms with E-state index in [1.54, 1.807) is 30.3 Å². The number of alkyl halides is 3. The average Bonchev–Trinajstić information content (AvgIpc) is 3.15. The quantitative estimate of drug-likeness (QED) is 0.495. The zero-order chi connectivity index (χ0) is 21.3. The second-order valence-electron chi connectivity index (χ2n) is 6.56. The monoisotopic (exact) mass is 430 g/mol. The van der Waals surface area contributed by atoms with Gasteiger partial charge in [0.2, 0.25) is 0 Å². The van der Waals surface area contributed by atoms with Gasteiger partial charge in [-0.15, -0.1) is 10.2 Å². The summed E-state index contributed by atoms with van der Waals surface area (Å²) in [5.74, 6) is -0.138. The molecular weight excluding hydrogens is 417 g/mol. The van der Waals surface area contributed by atoms with E-state index in [0.29, 0.717) is 16.2 Å². The molecule has 152 valence electrons. The molecule has 4 aromatic rings. The summed E-state index contributed by atoms with van der Waals surface area (Å²) in [6.45, 7) is 0.278. The molecule has 0 unspecified atom stereocenters. The van der Waals surface area contributed by atoms with Gasteiger partial charge in [-0.2, -0.15) is 13.2 Å². The van der Waals surface area contributed by atoms with Crippen LogP contribution in [-0.4, -0.2) is 20.5 Å². The molecule has 9 heteroatoms. The lowest BCUT2D eigenvalue weighted by molar-refractivity contribution is -0.137. The standard InChI is InChI=1S/C21H14ClF3N4O/c22-17-6-1-3-13(9-17)11-26-20(30)15-7-8-18-27-28-19(29(18)12-15)14-4-2-5-16(10-14)21(23,24)25/h1-10,12H,11H2,(H,26,30). The Hall–Kier alpha value is -3.39. The van der Waals surface area contributed by atoms with Gasteiger partial charge in [0.25, 0.3) is 5.91 Å². The molecule has 0 aliphatic rings. The Bertz CT molecular complexity index is 1240. The van der Waals surface area contributed by atoms with Crippen molar-refractivity contribution in [3.05, 3.63) is 88.6 Å².